The minimum atomic E-state index is -0.0159. The number of hydrogen-bond acceptors (Lipinski definition) is 5. The lowest BCUT2D eigenvalue weighted by molar-refractivity contribution is 0.0658. The van der Waals surface area contributed by atoms with E-state index in [2.05, 4.69) is 23.2 Å². The Morgan fingerprint density at radius 3 is 2.75 bits per heavy atom. The second-order valence-electron chi connectivity index (χ2n) is 7.17. The Morgan fingerprint density at radius 1 is 1.25 bits per heavy atom. The number of methoxy groups -OCH3 is 1. The van der Waals surface area contributed by atoms with Crippen molar-refractivity contribution in [2.75, 3.05) is 7.11 Å². The number of carbonyl (C=O) groups excluding carboxylic acids is 1. The van der Waals surface area contributed by atoms with E-state index >= 15 is 0 Å². The van der Waals surface area contributed by atoms with E-state index in [4.69, 9.17) is 10.5 Å². The molecule has 1 amide bonds. The van der Waals surface area contributed by atoms with Crippen LogP contribution < -0.4 is 10.5 Å². The molecule has 146 valence electrons. The molecule has 0 bridgehead atoms. The monoisotopic (exact) mass is 395 g/mol. The fraction of sp³-hybridized carbons (Fsp3) is 0.364. The van der Waals surface area contributed by atoms with Crippen LogP contribution in [0, 0.1) is 0 Å². The Bertz CT molecular complexity index is 979. The zero-order chi connectivity index (χ0) is 19.5. The van der Waals surface area contributed by atoms with Crippen molar-refractivity contribution in [1.29, 1.82) is 0 Å². The lowest BCUT2D eigenvalue weighted by Gasteiger charge is -2.29. The third kappa shape index (κ3) is 3.62. The Hall–Kier alpha value is -2.44. The number of nitrogens with zero attached hydrogens (tertiary/aromatic N) is 2. The number of nitrogens with two attached hydrogens (primary N) is 1. The number of hydrogen-bond donors (Lipinski definition) is 1. The van der Waals surface area contributed by atoms with E-state index in [1.807, 2.05) is 28.5 Å². The van der Waals surface area contributed by atoms with Gasteiger partial charge in [-0.15, -0.1) is 11.3 Å². The van der Waals surface area contributed by atoms with Gasteiger partial charge in [-0.1, -0.05) is 43.2 Å². The predicted molar refractivity (Wildman–Crippen MR) is 113 cm³/mol. The van der Waals surface area contributed by atoms with Crippen LogP contribution >= 0.6 is 11.3 Å². The quantitative estimate of drug-likeness (QED) is 0.674. The molecule has 3 aromatic rings. The first-order valence-electron chi connectivity index (χ1n) is 9.71. The highest BCUT2D eigenvalue weighted by atomic mass is 32.1. The van der Waals surface area contributed by atoms with Gasteiger partial charge in [-0.05, 0) is 29.7 Å². The van der Waals surface area contributed by atoms with E-state index < -0.39 is 0 Å². The smallest absolute Gasteiger partial charge is 0.273 e. The van der Waals surface area contributed by atoms with Crippen molar-refractivity contribution in [2.45, 2.75) is 44.8 Å². The Balaban J connectivity index is 1.74. The molecule has 0 saturated heterocycles. The van der Waals surface area contributed by atoms with Gasteiger partial charge in [-0.3, -0.25) is 4.79 Å². The standard InChI is InChI=1S/C22H25N3O2S/c1-27-20-11-10-15-6-2-5-9-17(15)18(20)13-25(16-7-3-4-8-16)22(26)19-14-28-21(12-23)24-19/h2,5-6,9-11,14,16H,3-4,7-8,12-13,23H2,1H3. The molecule has 0 atom stereocenters. The van der Waals surface area contributed by atoms with Crippen LogP contribution in [0.25, 0.3) is 10.8 Å². The highest BCUT2D eigenvalue weighted by molar-refractivity contribution is 7.09. The molecule has 2 aromatic carbocycles. The molecule has 0 spiro atoms. The average molecular weight is 396 g/mol. The first kappa shape index (κ1) is 18.9. The van der Waals surface area contributed by atoms with Crippen LogP contribution in [0.2, 0.25) is 0 Å². The van der Waals surface area contributed by atoms with E-state index in [-0.39, 0.29) is 11.9 Å². The maximum atomic E-state index is 13.4. The van der Waals surface area contributed by atoms with Gasteiger partial charge < -0.3 is 15.4 Å². The third-order valence-electron chi connectivity index (χ3n) is 5.52. The molecule has 1 fully saturated rings. The molecule has 6 heteroatoms. The first-order chi connectivity index (χ1) is 13.7. The molecule has 1 saturated carbocycles. The summed E-state index contributed by atoms with van der Waals surface area (Å²) < 4.78 is 5.66. The van der Waals surface area contributed by atoms with E-state index in [1.54, 1.807) is 7.11 Å². The number of thiazole rings is 1. The molecule has 1 aliphatic carbocycles. The van der Waals surface area contributed by atoms with Crippen molar-refractivity contribution in [1.82, 2.24) is 9.88 Å². The lowest BCUT2D eigenvalue weighted by Crippen LogP contribution is -2.38. The predicted octanol–water partition coefficient (Wildman–Crippen LogP) is 4.35. The molecule has 0 radical (unpaired) electrons. The second-order valence-corrected chi connectivity index (χ2v) is 8.11. The highest BCUT2D eigenvalue weighted by Gasteiger charge is 2.30. The molecule has 28 heavy (non-hydrogen) atoms. The van der Waals surface area contributed by atoms with Gasteiger partial charge in [0.25, 0.3) is 5.91 Å². The normalized spacial score (nSPS) is 14.5. The van der Waals surface area contributed by atoms with Gasteiger partial charge in [0.2, 0.25) is 0 Å². The molecule has 4 rings (SSSR count). The van der Waals surface area contributed by atoms with Crippen LogP contribution in [0.1, 0.15) is 46.7 Å². The maximum absolute atomic E-state index is 13.4. The number of fused-ring (bicyclic) bond motifs is 1. The number of carbonyl (C=O) groups is 1. The van der Waals surface area contributed by atoms with Gasteiger partial charge in [-0.25, -0.2) is 4.98 Å². The highest BCUT2D eigenvalue weighted by Crippen LogP contribution is 2.33. The molecule has 1 heterocycles. The topological polar surface area (TPSA) is 68.5 Å². The Labute approximate surface area is 169 Å². The van der Waals surface area contributed by atoms with Crippen molar-refractivity contribution in [3.63, 3.8) is 0 Å². The Morgan fingerprint density at radius 2 is 2.04 bits per heavy atom. The van der Waals surface area contributed by atoms with Crippen LogP contribution in [0.3, 0.4) is 0 Å². The van der Waals surface area contributed by atoms with Gasteiger partial charge in [0.15, 0.2) is 0 Å². The summed E-state index contributed by atoms with van der Waals surface area (Å²) in [7, 11) is 1.68. The van der Waals surface area contributed by atoms with E-state index in [0.29, 0.717) is 18.8 Å². The first-order valence-corrected chi connectivity index (χ1v) is 10.6. The van der Waals surface area contributed by atoms with Gasteiger partial charge in [-0.2, -0.15) is 0 Å². The summed E-state index contributed by atoms with van der Waals surface area (Å²) in [6.07, 6.45) is 4.39. The van der Waals surface area contributed by atoms with E-state index in [1.165, 1.54) is 11.3 Å². The maximum Gasteiger partial charge on any atom is 0.273 e. The lowest BCUT2D eigenvalue weighted by atomic mass is 10.0. The molecule has 2 N–H and O–H groups in total. The largest absolute Gasteiger partial charge is 0.496 e. The van der Waals surface area contributed by atoms with Crippen LogP contribution in [-0.4, -0.2) is 28.9 Å². The van der Waals surface area contributed by atoms with Crippen molar-refractivity contribution >= 4 is 28.0 Å². The number of benzene rings is 2. The minimum Gasteiger partial charge on any atom is -0.496 e. The third-order valence-corrected chi connectivity index (χ3v) is 6.39. The Kier molecular flexibility index (Phi) is 5.59. The van der Waals surface area contributed by atoms with Crippen molar-refractivity contribution in [2.24, 2.45) is 5.73 Å². The van der Waals surface area contributed by atoms with E-state index in [0.717, 1.165) is 52.8 Å². The van der Waals surface area contributed by atoms with Crippen LogP contribution in [-0.2, 0) is 13.1 Å². The number of amides is 1. The van der Waals surface area contributed by atoms with Crippen molar-refractivity contribution in [3.8, 4) is 5.75 Å². The van der Waals surface area contributed by atoms with Crippen molar-refractivity contribution < 1.29 is 9.53 Å². The average Bonchev–Trinajstić information content (AvgIpc) is 3.43. The van der Waals surface area contributed by atoms with Gasteiger partial charge in [0, 0.05) is 23.5 Å². The summed E-state index contributed by atoms with van der Waals surface area (Å²) in [6.45, 7) is 0.877. The fourth-order valence-corrected chi connectivity index (χ4v) is 4.72. The number of rotatable bonds is 6. The molecular weight excluding hydrogens is 370 g/mol. The zero-order valence-electron chi connectivity index (χ0n) is 16.1. The number of ether oxygens (including phenoxy) is 1. The summed E-state index contributed by atoms with van der Waals surface area (Å²) in [5, 5.41) is 4.89. The second kappa shape index (κ2) is 8.29. The van der Waals surface area contributed by atoms with Crippen LogP contribution in [0.4, 0.5) is 0 Å². The minimum absolute atomic E-state index is 0.0159. The summed E-state index contributed by atoms with van der Waals surface area (Å²) in [4.78, 5) is 19.8. The molecule has 0 aliphatic heterocycles. The summed E-state index contributed by atoms with van der Waals surface area (Å²) in [6, 6.07) is 12.5. The van der Waals surface area contributed by atoms with Gasteiger partial charge in [0.1, 0.15) is 16.5 Å². The van der Waals surface area contributed by atoms with Gasteiger partial charge in [0.05, 0.1) is 13.7 Å². The summed E-state index contributed by atoms with van der Waals surface area (Å²) in [5.41, 5.74) is 7.24. The molecule has 5 nitrogen and oxygen atoms in total. The SMILES string of the molecule is COc1ccc2ccccc2c1CN(C(=O)c1csc(CN)n1)C1CCCC1. The number of aromatic nitrogens is 1. The molecule has 1 aromatic heterocycles. The zero-order valence-corrected chi connectivity index (χ0v) is 16.9. The summed E-state index contributed by atoms with van der Waals surface area (Å²) >= 11 is 1.45. The molecule has 1 aliphatic rings. The van der Waals surface area contributed by atoms with Gasteiger partial charge >= 0.3 is 0 Å². The van der Waals surface area contributed by atoms with Crippen LogP contribution in [0.15, 0.2) is 41.8 Å². The molecule has 0 unspecified atom stereocenters. The van der Waals surface area contributed by atoms with E-state index in [9.17, 15) is 4.79 Å². The van der Waals surface area contributed by atoms with Crippen LogP contribution in [0.5, 0.6) is 5.75 Å². The molecular formula is C22H25N3O2S. The fourth-order valence-electron chi connectivity index (χ4n) is 4.07. The summed E-state index contributed by atoms with van der Waals surface area (Å²) in [5.74, 6) is 0.799. The van der Waals surface area contributed by atoms with Crippen molar-refractivity contribution in [3.05, 3.63) is 58.0 Å².